The third-order valence-electron chi connectivity index (χ3n) is 2.62. The molecule has 0 amide bonds. The molecule has 0 bridgehead atoms. The Bertz CT molecular complexity index is 355. The minimum atomic E-state index is -0.970. The molecular formula is C9H14N4O2. The van der Waals surface area contributed by atoms with E-state index in [9.17, 15) is 4.79 Å². The summed E-state index contributed by atoms with van der Waals surface area (Å²) in [5, 5.41) is 15.2. The zero-order valence-electron chi connectivity index (χ0n) is 8.60. The largest absolute Gasteiger partial charge is 0.477 e. The van der Waals surface area contributed by atoms with Crippen LogP contribution in [0.5, 0.6) is 0 Å². The summed E-state index contributed by atoms with van der Waals surface area (Å²) in [6, 6.07) is 1.58. The van der Waals surface area contributed by atoms with Crippen LogP contribution in [0.15, 0.2) is 6.07 Å². The lowest BCUT2D eigenvalue weighted by molar-refractivity contribution is 0.0690. The number of aromatic nitrogens is 2. The molecule has 0 aromatic carbocycles. The van der Waals surface area contributed by atoms with Crippen molar-refractivity contribution < 1.29 is 9.90 Å². The maximum Gasteiger partial charge on any atom is 0.353 e. The zero-order valence-corrected chi connectivity index (χ0v) is 8.60. The van der Waals surface area contributed by atoms with Crippen LogP contribution >= 0.6 is 0 Å². The highest BCUT2D eigenvalue weighted by molar-refractivity contribution is 5.86. The monoisotopic (exact) mass is 210 g/mol. The van der Waals surface area contributed by atoms with Crippen LogP contribution in [-0.4, -0.2) is 59.4 Å². The lowest BCUT2D eigenvalue weighted by atomic mass is 10.3. The van der Waals surface area contributed by atoms with E-state index >= 15 is 0 Å². The Labute approximate surface area is 87.5 Å². The Balaban J connectivity index is 2.06. The van der Waals surface area contributed by atoms with E-state index in [1.807, 2.05) is 0 Å². The van der Waals surface area contributed by atoms with Gasteiger partial charge in [-0.1, -0.05) is 0 Å². The van der Waals surface area contributed by atoms with Crippen molar-refractivity contribution in [3.63, 3.8) is 0 Å². The number of rotatable bonds is 2. The first-order valence-corrected chi connectivity index (χ1v) is 4.89. The molecule has 0 saturated carbocycles. The second-order valence-corrected chi connectivity index (χ2v) is 3.74. The van der Waals surface area contributed by atoms with Gasteiger partial charge >= 0.3 is 5.97 Å². The van der Waals surface area contributed by atoms with Crippen LogP contribution < -0.4 is 4.90 Å². The molecule has 0 radical (unpaired) electrons. The van der Waals surface area contributed by atoms with Crippen LogP contribution in [0.3, 0.4) is 0 Å². The molecule has 2 heterocycles. The molecule has 2 rings (SSSR count). The van der Waals surface area contributed by atoms with Crippen molar-refractivity contribution in [2.45, 2.75) is 0 Å². The third kappa shape index (κ3) is 2.10. The Morgan fingerprint density at radius 3 is 2.67 bits per heavy atom. The molecule has 0 aliphatic carbocycles. The minimum absolute atomic E-state index is 0.143. The van der Waals surface area contributed by atoms with Gasteiger partial charge < -0.3 is 14.9 Å². The second kappa shape index (κ2) is 3.90. The quantitative estimate of drug-likeness (QED) is 0.710. The Morgan fingerprint density at radius 2 is 2.13 bits per heavy atom. The molecule has 1 saturated heterocycles. The van der Waals surface area contributed by atoms with Gasteiger partial charge in [0, 0.05) is 32.2 Å². The molecule has 0 unspecified atom stereocenters. The van der Waals surface area contributed by atoms with Crippen LogP contribution in [0.25, 0.3) is 0 Å². The highest BCUT2D eigenvalue weighted by Gasteiger charge is 2.17. The van der Waals surface area contributed by atoms with Crippen molar-refractivity contribution in [2.75, 3.05) is 38.1 Å². The molecule has 1 aromatic rings. The molecule has 6 nitrogen and oxygen atoms in total. The first-order chi connectivity index (χ1) is 7.16. The predicted molar refractivity (Wildman–Crippen MR) is 55.3 cm³/mol. The third-order valence-corrected chi connectivity index (χ3v) is 2.62. The molecule has 0 spiro atoms. The van der Waals surface area contributed by atoms with Crippen LogP contribution in [-0.2, 0) is 0 Å². The van der Waals surface area contributed by atoms with Gasteiger partial charge in [0.2, 0.25) is 0 Å². The second-order valence-electron chi connectivity index (χ2n) is 3.74. The Hall–Kier alpha value is -1.56. The number of aromatic amines is 1. The summed E-state index contributed by atoms with van der Waals surface area (Å²) in [5.41, 5.74) is 0.143. The van der Waals surface area contributed by atoms with E-state index < -0.39 is 5.97 Å². The van der Waals surface area contributed by atoms with Gasteiger partial charge in [-0.25, -0.2) is 4.79 Å². The number of carboxylic acids is 1. The fourth-order valence-electron chi connectivity index (χ4n) is 1.62. The number of piperazine rings is 1. The van der Waals surface area contributed by atoms with Gasteiger partial charge in [-0.2, -0.15) is 5.10 Å². The van der Waals surface area contributed by atoms with Crippen LogP contribution in [0.4, 0.5) is 5.82 Å². The molecule has 1 aromatic heterocycles. The van der Waals surface area contributed by atoms with Crippen molar-refractivity contribution in [3.8, 4) is 0 Å². The summed E-state index contributed by atoms with van der Waals surface area (Å²) in [7, 11) is 2.07. The lowest BCUT2D eigenvalue weighted by Crippen LogP contribution is -2.44. The summed E-state index contributed by atoms with van der Waals surface area (Å²) in [6.45, 7) is 3.74. The molecule has 1 aliphatic heterocycles. The van der Waals surface area contributed by atoms with Gasteiger partial charge in [-0.3, -0.25) is 5.10 Å². The standard InChI is InChI=1S/C9H14N4O2/c1-12-2-4-13(5-3-12)8-6-7(9(14)15)10-11-8/h6H,2-5H2,1H3,(H,10,11)(H,14,15). The summed E-state index contributed by atoms with van der Waals surface area (Å²) < 4.78 is 0. The number of aromatic carboxylic acids is 1. The van der Waals surface area contributed by atoms with E-state index in [1.54, 1.807) is 6.07 Å². The van der Waals surface area contributed by atoms with E-state index in [2.05, 4.69) is 27.0 Å². The van der Waals surface area contributed by atoms with E-state index in [0.29, 0.717) is 0 Å². The molecule has 0 atom stereocenters. The van der Waals surface area contributed by atoms with Gasteiger partial charge in [-0.15, -0.1) is 0 Å². The number of carboxylic acid groups (broad SMARTS) is 1. The smallest absolute Gasteiger partial charge is 0.353 e. The normalized spacial score (nSPS) is 18.1. The van der Waals surface area contributed by atoms with Gasteiger partial charge in [0.25, 0.3) is 0 Å². The van der Waals surface area contributed by atoms with Crippen molar-refractivity contribution in [1.82, 2.24) is 15.1 Å². The van der Waals surface area contributed by atoms with Gasteiger partial charge in [0.1, 0.15) is 5.69 Å². The number of carbonyl (C=O) groups is 1. The van der Waals surface area contributed by atoms with Crippen LogP contribution in [0.2, 0.25) is 0 Å². The van der Waals surface area contributed by atoms with Crippen molar-refractivity contribution in [3.05, 3.63) is 11.8 Å². The van der Waals surface area contributed by atoms with Gasteiger partial charge in [-0.05, 0) is 7.05 Å². The first-order valence-electron chi connectivity index (χ1n) is 4.89. The SMILES string of the molecule is CN1CCN(c2cc(C(=O)O)[nH]n2)CC1. The van der Waals surface area contributed by atoms with Crippen LogP contribution in [0, 0.1) is 0 Å². The number of anilines is 1. The number of nitrogens with one attached hydrogen (secondary N) is 1. The maximum absolute atomic E-state index is 10.7. The van der Waals surface area contributed by atoms with Crippen molar-refractivity contribution >= 4 is 11.8 Å². The first kappa shape index (κ1) is 9.97. The highest BCUT2D eigenvalue weighted by Crippen LogP contribution is 2.13. The maximum atomic E-state index is 10.7. The number of hydrogen-bond acceptors (Lipinski definition) is 4. The van der Waals surface area contributed by atoms with Crippen molar-refractivity contribution in [1.29, 1.82) is 0 Å². The summed E-state index contributed by atoms with van der Waals surface area (Å²) in [4.78, 5) is 15.0. The average Bonchev–Trinajstić information content (AvgIpc) is 2.68. The Morgan fingerprint density at radius 1 is 1.47 bits per heavy atom. The lowest BCUT2D eigenvalue weighted by Gasteiger charge is -2.32. The Kier molecular flexibility index (Phi) is 2.59. The number of H-pyrrole nitrogens is 1. The molecule has 82 valence electrons. The van der Waals surface area contributed by atoms with Gasteiger partial charge in [0.05, 0.1) is 0 Å². The summed E-state index contributed by atoms with van der Waals surface area (Å²) >= 11 is 0. The van der Waals surface area contributed by atoms with E-state index in [-0.39, 0.29) is 5.69 Å². The molecule has 1 fully saturated rings. The topological polar surface area (TPSA) is 72.5 Å². The number of hydrogen-bond donors (Lipinski definition) is 2. The van der Waals surface area contributed by atoms with Crippen molar-refractivity contribution in [2.24, 2.45) is 0 Å². The highest BCUT2D eigenvalue weighted by atomic mass is 16.4. The fraction of sp³-hybridized carbons (Fsp3) is 0.556. The van der Waals surface area contributed by atoms with E-state index in [4.69, 9.17) is 5.11 Å². The predicted octanol–water partition coefficient (Wildman–Crippen LogP) is -0.140. The fourth-order valence-corrected chi connectivity index (χ4v) is 1.62. The number of likely N-dealkylation sites (N-methyl/N-ethyl adjacent to an activating group) is 1. The van der Waals surface area contributed by atoms with Crippen LogP contribution in [0.1, 0.15) is 10.5 Å². The molecule has 6 heteroatoms. The number of nitrogens with zero attached hydrogens (tertiary/aromatic N) is 3. The summed E-state index contributed by atoms with van der Waals surface area (Å²) in [6.07, 6.45) is 0. The van der Waals surface area contributed by atoms with E-state index in [0.717, 1.165) is 32.0 Å². The molecule has 2 N–H and O–H groups in total. The van der Waals surface area contributed by atoms with Gasteiger partial charge in [0.15, 0.2) is 5.82 Å². The van der Waals surface area contributed by atoms with E-state index in [1.165, 1.54) is 0 Å². The average molecular weight is 210 g/mol. The molecule has 1 aliphatic rings. The molecular weight excluding hydrogens is 196 g/mol. The summed E-state index contributed by atoms with van der Waals surface area (Å²) in [5.74, 6) is -0.247. The minimum Gasteiger partial charge on any atom is -0.477 e. The molecule has 15 heavy (non-hydrogen) atoms. The zero-order chi connectivity index (χ0) is 10.8.